The normalized spacial score (nSPS) is 11.2. The van der Waals surface area contributed by atoms with E-state index in [1.807, 2.05) is 26.0 Å². The Hall–Kier alpha value is -1.88. The molecule has 0 fully saturated rings. The standard InChI is InChI=1S/C20H25ClF2N2O/c1-4-7-15-16(5-2)25(20(22)23)17(6-3)18(15)19(26)24-12-13-8-10-14(21)11-9-13/h8-11,20H,4-7,12H2,1-3H3,(H,24,26). The number of hydrogen-bond acceptors (Lipinski definition) is 1. The minimum absolute atomic E-state index is 0.297. The zero-order valence-electron chi connectivity index (χ0n) is 15.4. The summed E-state index contributed by atoms with van der Waals surface area (Å²) in [5, 5.41) is 3.50. The van der Waals surface area contributed by atoms with E-state index in [-0.39, 0.29) is 5.91 Å². The molecule has 1 N–H and O–H groups in total. The molecule has 0 radical (unpaired) electrons. The lowest BCUT2D eigenvalue weighted by molar-refractivity contribution is 0.0648. The number of alkyl halides is 2. The first-order valence-corrected chi connectivity index (χ1v) is 9.37. The Bertz CT molecular complexity index is 754. The lowest BCUT2D eigenvalue weighted by Gasteiger charge is -2.11. The largest absolute Gasteiger partial charge is 0.348 e. The van der Waals surface area contributed by atoms with Crippen molar-refractivity contribution in [2.75, 3.05) is 0 Å². The van der Waals surface area contributed by atoms with Crippen LogP contribution in [-0.2, 0) is 25.8 Å². The molecule has 0 aliphatic heterocycles. The van der Waals surface area contributed by atoms with Crippen molar-refractivity contribution in [1.82, 2.24) is 9.88 Å². The van der Waals surface area contributed by atoms with Gasteiger partial charge in [-0.1, -0.05) is 50.9 Å². The summed E-state index contributed by atoms with van der Waals surface area (Å²) in [4.78, 5) is 12.9. The Morgan fingerprint density at radius 2 is 1.73 bits per heavy atom. The minimum atomic E-state index is -2.65. The number of benzene rings is 1. The quantitative estimate of drug-likeness (QED) is 0.638. The van der Waals surface area contributed by atoms with E-state index < -0.39 is 6.55 Å². The predicted molar refractivity (Wildman–Crippen MR) is 101 cm³/mol. The van der Waals surface area contributed by atoms with E-state index in [0.29, 0.717) is 47.8 Å². The van der Waals surface area contributed by atoms with Gasteiger partial charge in [0.05, 0.1) is 5.56 Å². The molecule has 0 atom stereocenters. The van der Waals surface area contributed by atoms with Crippen LogP contribution in [0.3, 0.4) is 0 Å². The van der Waals surface area contributed by atoms with Gasteiger partial charge in [-0.2, -0.15) is 8.78 Å². The van der Waals surface area contributed by atoms with E-state index in [1.165, 1.54) is 0 Å². The number of aromatic nitrogens is 1. The van der Waals surface area contributed by atoms with E-state index in [9.17, 15) is 13.6 Å². The van der Waals surface area contributed by atoms with E-state index in [1.54, 1.807) is 19.1 Å². The smallest absolute Gasteiger partial charge is 0.318 e. The van der Waals surface area contributed by atoms with Crippen molar-refractivity contribution in [3.05, 3.63) is 57.4 Å². The van der Waals surface area contributed by atoms with Crippen LogP contribution in [0.4, 0.5) is 8.78 Å². The molecule has 0 aliphatic rings. The van der Waals surface area contributed by atoms with Crippen LogP contribution in [0.15, 0.2) is 24.3 Å². The molecule has 6 heteroatoms. The highest BCUT2D eigenvalue weighted by Gasteiger charge is 2.28. The molecule has 0 saturated carbocycles. The van der Waals surface area contributed by atoms with Crippen molar-refractivity contribution in [2.24, 2.45) is 0 Å². The van der Waals surface area contributed by atoms with Gasteiger partial charge in [-0.15, -0.1) is 0 Å². The third-order valence-electron chi connectivity index (χ3n) is 4.48. The first-order valence-electron chi connectivity index (χ1n) is 9.00. The summed E-state index contributed by atoms with van der Waals surface area (Å²) in [7, 11) is 0. The highest BCUT2D eigenvalue weighted by Crippen LogP contribution is 2.30. The molecule has 0 saturated heterocycles. The molecular weight excluding hydrogens is 358 g/mol. The van der Waals surface area contributed by atoms with Crippen LogP contribution in [0.25, 0.3) is 0 Å². The van der Waals surface area contributed by atoms with Crippen LogP contribution in [0.2, 0.25) is 5.02 Å². The van der Waals surface area contributed by atoms with Crippen LogP contribution in [0, 0.1) is 0 Å². The van der Waals surface area contributed by atoms with E-state index in [0.717, 1.165) is 22.1 Å². The van der Waals surface area contributed by atoms with E-state index in [4.69, 9.17) is 11.6 Å². The summed E-state index contributed by atoms with van der Waals surface area (Å²) < 4.78 is 28.4. The van der Waals surface area contributed by atoms with Gasteiger partial charge in [0, 0.05) is 23.0 Å². The Kier molecular flexibility index (Phi) is 7.21. The maximum atomic E-state index is 13.7. The molecule has 1 aromatic carbocycles. The first-order chi connectivity index (χ1) is 12.4. The predicted octanol–water partition coefficient (Wildman–Crippen LogP) is 5.54. The number of nitrogens with zero attached hydrogens (tertiary/aromatic N) is 1. The van der Waals surface area contributed by atoms with Crippen molar-refractivity contribution in [2.45, 2.75) is 59.5 Å². The summed E-state index contributed by atoms with van der Waals surface area (Å²) in [6, 6.07) is 7.17. The zero-order chi connectivity index (χ0) is 19.3. The lowest BCUT2D eigenvalue weighted by atomic mass is 10.0. The number of carbonyl (C=O) groups excluding carboxylic acids is 1. The summed E-state index contributed by atoms with van der Waals surface area (Å²) in [6.07, 6.45) is 2.25. The number of carbonyl (C=O) groups is 1. The highest BCUT2D eigenvalue weighted by atomic mass is 35.5. The summed E-state index contributed by atoms with van der Waals surface area (Å²) >= 11 is 5.87. The number of hydrogen-bond donors (Lipinski definition) is 1. The van der Waals surface area contributed by atoms with Crippen LogP contribution in [0.1, 0.15) is 66.6 Å². The van der Waals surface area contributed by atoms with E-state index in [2.05, 4.69) is 5.32 Å². The van der Waals surface area contributed by atoms with Gasteiger partial charge in [0.15, 0.2) is 0 Å². The van der Waals surface area contributed by atoms with Gasteiger partial charge in [0.2, 0.25) is 0 Å². The summed E-state index contributed by atoms with van der Waals surface area (Å²) in [5.41, 5.74) is 3.05. The maximum Gasteiger partial charge on any atom is 0.318 e. The molecule has 1 amide bonds. The maximum absolute atomic E-state index is 13.7. The minimum Gasteiger partial charge on any atom is -0.348 e. The van der Waals surface area contributed by atoms with Gasteiger partial charge < -0.3 is 5.32 Å². The van der Waals surface area contributed by atoms with Crippen LogP contribution >= 0.6 is 11.6 Å². The Morgan fingerprint density at radius 1 is 1.12 bits per heavy atom. The second kappa shape index (κ2) is 9.17. The van der Waals surface area contributed by atoms with Gasteiger partial charge in [-0.3, -0.25) is 9.36 Å². The van der Waals surface area contributed by atoms with Crippen LogP contribution < -0.4 is 5.32 Å². The monoisotopic (exact) mass is 382 g/mol. The third-order valence-corrected chi connectivity index (χ3v) is 4.73. The molecule has 0 spiro atoms. The number of nitrogens with one attached hydrogen (secondary N) is 1. The fourth-order valence-corrected chi connectivity index (χ4v) is 3.50. The van der Waals surface area contributed by atoms with Crippen molar-refractivity contribution in [3.63, 3.8) is 0 Å². The molecule has 2 aromatic rings. The Labute approximate surface area is 158 Å². The molecule has 26 heavy (non-hydrogen) atoms. The molecule has 142 valence electrons. The van der Waals surface area contributed by atoms with Gasteiger partial charge in [0.1, 0.15) is 0 Å². The fourth-order valence-electron chi connectivity index (χ4n) is 3.37. The molecule has 0 bridgehead atoms. The molecule has 1 aromatic heterocycles. The fraction of sp³-hybridized carbons (Fsp3) is 0.450. The van der Waals surface area contributed by atoms with Gasteiger partial charge in [-0.25, -0.2) is 0 Å². The molecule has 2 rings (SSSR count). The summed E-state index contributed by atoms with van der Waals surface area (Å²) in [5.74, 6) is -0.297. The summed E-state index contributed by atoms with van der Waals surface area (Å²) in [6.45, 7) is 3.32. The SMILES string of the molecule is CCCc1c(C(=O)NCc2ccc(Cl)cc2)c(CC)n(C(F)F)c1CC. The average Bonchev–Trinajstić information content (AvgIpc) is 2.94. The molecule has 0 aliphatic carbocycles. The number of rotatable bonds is 8. The lowest BCUT2D eigenvalue weighted by Crippen LogP contribution is -2.25. The van der Waals surface area contributed by atoms with Crippen molar-refractivity contribution in [3.8, 4) is 0 Å². The third kappa shape index (κ3) is 4.26. The molecule has 1 heterocycles. The molecule has 0 unspecified atom stereocenters. The second-order valence-electron chi connectivity index (χ2n) is 6.16. The zero-order valence-corrected chi connectivity index (χ0v) is 16.2. The van der Waals surface area contributed by atoms with Gasteiger partial charge in [0.25, 0.3) is 5.91 Å². The highest BCUT2D eigenvalue weighted by molar-refractivity contribution is 6.30. The van der Waals surface area contributed by atoms with Crippen molar-refractivity contribution < 1.29 is 13.6 Å². The van der Waals surface area contributed by atoms with Gasteiger partial charge >= 0.3 is 6.55 Å². The first kappa shape index (κ1) is 20.4. The average molecular weight is 383 g/mol. The Morgan fingerprint density at radius 3 is 2.23 bits per heavy atom. The van der Waals surface area contributed by atoms with Gasteiger partial charge in [-0.05, 0) is 42.5 Å². The Balaban J connectivity index is 2.38. The van der Waals surface area contributed by atoms with Crippen molar-refractivity contribution >= 4 is 17.5 Å². The van der Waals surface area contributed by atoms with Crippen LogP contribution in [-0.4, -0.2) is 10.5 Å². The van der Waals surface area contributed by atoms with Crippen molar-refractivity contribution in [1.29, 1.82) is 0 Å². The topological polar surface area (TPSA) is 34.0 Å². The second-order valence-corrected chi connectivity index (χ2v) is 6.60. The molecule has 3 nitrogen and oxygen atoms in total. The van der Waals surface area contributed by atoms with E-state index >= 15 is 0 Å². The van der Waals surface area contributed by atoms with Crippen LogP contribution in [0.5, 0.6) is 0 Å². The number of amides is 1. The number of halogens is 3. The molecular formula is C20H25ClF2N2O.